The van der Waals surface area contributed by atoms with E-state index in [9.17, 15) is 13.2 Å². The number of benzene rings is 3. The lowest BCUT2D eigenvalue weighted by molar-refractivity contribution is 0.0784. The van der Waals surface area contributed by atoms with Crippen molar-refractivity contribution in [3.63, 3.8) is 0 Å². The number of carbonyl (C=O) groups is 1. The van der Waals surface area contributed by atoms with Crippen molar-refractivity contribution in [1.29, 1.82) is 0 Å². The van der Waals surface area contributed by atoms with Crippen molar-refractivity contribution < 1.29 is 17.9 Å². The van der Waals surface area contributed by atoms with Gasteiger partial charge in [0.25, 0.3) is 5.91 Å². The number of hydrogen-bond acceptors (Lipinski definition) is 4. The SMILES string of the molecule is CCCOc1ccc2ccccc2c1CN(C)C(=O)c1ccc(S(=O)(=O)NC2CC2)cc1. The van der Waals surface area contributed by atoms with Crippen molar-refractivity contribution in [2.75, 3.05) is 13.7 Å². The van der Waals surface area contributed by atoms with Crippen LogP contribution in [0.15, 0.2) is 65.6 Å². The van der Waals surface area contributed by atoms with Crippen molar-refractivity contribution in [3.8, 4) is 5.75 Å². The van der Waals surface area contributed by atoms with Crippen molar-refractivity contribution in [2.45, 2.75) is 43.7 Å². The van der Waals surface area contributed by atoms with Gasteiger partial charge in [-0.25, -0.2) is 13.1 Å². The molecule has 1 amide bonds. The highest BCUT2D eigenvalue weighted by Gasteiger charge is 2.28. The molecule has 3 aromatic rings. The first-order valence-corrected chi connectivity index (χ1v) is 12.4. The quantitative estimate of drug-likeness (QED) is 0.524. The maximum absolute atomic E-state index is 13.1. The molecule has 4 rings (SSSR count). The van der Waals surface area contributed by atoms with E-state index in [0.29, 0.717) is 18.7 Å². The third kappa shape index (κ3) is 4.95. The van der Waals surface area contributed by atoms with Gasteiger partial charge in [-0.1, -0.05) is 37.3 Å². The zero-order valence-corrected chi connectivity index (χ0v) is 19.2. The van der Waals surface area contributed by atoms with Crippen LogP contribution in [0.5, 0.6) is 5.75 Å². The Labute approximate surface area is 189 Å². The van der Waals surface area contributed by atoms with Gasteiger partial charge < -0.3 is 9.64 Å². The summed E-state index contributed by atoms with van der Waals surface area (Å²) in [5, 5.41) is 2.14. The second-order valence-corrected chi connectivity index (χ2v) is 9.91. The number of carbonyl (C=O) groups excluding carboxylic acids is 1. The normalized spacial score (nSPS) is 13.8. The van der Waals surface area contributed by atoms with Crippen molar-refractivity contribution >= 4 is 26.7 Å². The molecule has 0 heterocycles. The Balaban J connectivity index is 1.55. The van der Waals surface area contributed by atoms with Crippen LogP contribution in [0, 0.1) is 0 Å². The Kier molecular flexibility index (Phi) is 6.48. The fourth-order valence-electron chi connectivity index (χ4n) is 3.62. The van der Waals surface area contributed by atoms with E-state index in [-0.39, 0.29) is 16.8 Å². The zero-order valence-electron chi connectivity index (χ0n) is 18.4. The van der Waals surface area contributed by atoms with E-state index in [2.05, 4.69) is 11.6 Å². The van der Waals surface area contributed by atoms with E-state index in [1.54, 1.807) is 24.1 Å². The molecule has 7 heteroatoms. The molecule has 0 bridgehead atoms. The van der Waals surface area contributed by atoms with Crippen LogP contribution in [0.2, 0.25) is 0 Å². The van der Waals surface area contributed by atoms with Crippen LogP contribution in [0.1, 0.15) is 42.1 Å². The van der Waals surface area contributed by atoms with E-state index in [1.165, 1.54) is 12.1 Å². The maximum atomic E-state index is 13.1. The highest BCUT2D eigenvalue weighted by atomic mass is 32.2. The first-order valence-electron chi connectivity index (χ1n) is 10.9. The second-order valence-electron chi connectivity index (χ2n) is 8.19. The Bertz CT molecular complexity index is 1220. The van der Waals surface area contributed by atoms with Crippen LogP contribution in [0.25, 0.3) is 10.8 Å². The Morgan fingerprint density at radius 2 is 1.78 bits per heavy atom. The summed E-state index contributed by atoms with van der Waals surface area (Å²) in [5.74, 6) is 0.594. The summed E-state index contributed by atoms with van der Waals surface area (Å²) in [7, 11) is -1.80. The van der Waals surface area contributed by atoms with Crippen LogP contribution in [-0.4, -0.2) is 38.9 Å². The smallest absolute Gasteiger partial charge is 0.253 e. The highest BCUT2D eigenvalue weighted by Crippen LogP contribution is 2.30. The van der Waals surface area contributed by atoms with E-state index >= 15 is 0 Å². The maximum Gasteiger partial charge on any atom is 0.253 e. The van der Waals surface area contributed by atoms with Crippen molar-refractivity contribution in [1.82, 2.24) is 9.62 Å². The molecule has 0 radical (unpaired) electrons. The topological polar surface area (TPSA) is 75.7 Å². The van der Waals surface area contributed by atoms with Gasteiger partial charge in [-0.15, -0.1) is 0 Å². The molecule has 1 aliphatic rings. The molecule has 1 aliphatic carbocycles. The van der Waals surface area contributed by atoms with Crippen LogP contribution >= 0.6 is 0 Å². The largest absolute Gasteiger partial charge is 0.493 e. The molecule has 1 fully saturated rings. The lowest BCUT2D eigenvalue weighted by Crippen LogP contribution is -2.27. The van der Waals surface area contributed by atoms with Gasteiger partial charge in [-0.3, -0.25) is 4.79 Å². The lowest BCUT2D eigenvalue weighted by atomic mass is 10.0. The number of rotatable bonds is 9. The fourth-order valence-corrected chi connectivity index (χ4v) is 4.93. The number of nitrogens with one attached hydrogen (secondary N) is 1. The molecule has 6 nitrogen and oxygen atoms in total. The minimum absolute atomic E-state index is 0.0391. The van der Waals surface area contributed by atoms with E-state index in [0.717, 1.165) is 41.3 Å². The zero-order chi connectivity index (χ0) is 22.7. The molecular formula is C25H28N2O4S. The number of ether oxygens (including phenoxy) is 1. The average molecular weight is 453 g/mol. The predicted octanol–water partition coefficient (Wildman–Crippen LogP) is 4.34. The van der Waals surface area contributed by atoms with Crippen molar-refractivity contribution in [2.24, 2.45) is 0 Å². The molecule has 1 N–H and O–H groups in total. The molecule has 0 unspecified atom stereocenters. The Hall–Kier alpha value is -2.90. The van der Waals surface area contributed by atoms with E-state index in [4.69, 9.17) is 4.74 Å². The van der Waals surface area contributed by atoms with Gasteiger partial charge in [0.05, 0.1) is 11.5 Å². The molecular weight excluding hydrogens is 424 g/mol. The fraction of sp³-hybridized carbons (Fsp3) is 0.320. The van der Waals surface area contributed by atoms with Crippen molar-refractivity contribution in [3.05, 3.63) is 71.8 Å². The molecule has 0 saturated heterocycles. The molecule has 0 aliphatic heterocycles. The molecule has 0 aromatic heterocycles. The number of sulfonamides is 1. The summed E-state index contributed by atoms with van der Waals surface area (Å²) in [5.41, 5.74) is 1.40. The summed E-state index contributed by atoms with van der Waals surface area (Å²) in [6.45, 7) is 3.04. The molecule has 0 atom stereocenters. The number of amides is 1. The van der Waals surface area contributed by atoms with Crippen LogP contribution < -0.4 is 9.46 Å². The molecule has 3 aromatic carbocycles. The summed E-state index contributed by atoms with van der Waals surface area (Å²) in [6, 6.07) is 18.2. The van der Waals surface area contributed by atoms with Gasteiger partial charge in [0.15, 0.2) is 0 Å². The third-order valence-corrected chi connectivity index (χ3v) is 7.05. The van der Waals surface area contributed by atoms with Gasteiger partial charge in [0, 0.05) is 30.8 Å². The van der Waals surface area contributed by atoms with Gasteiger partial charge in [-0.2, -0.15) is 0 Å². The third-order valence-electron chi connectivity index (χ3n) is 5.51. The minimum Gasteiger partial charge on any atom is -0.493 e. The van der Waals surface area contributed by atoms with E-state index < -0.39 is 10.0 Å². The molecule has 168 valence electrons. The molecule has 0 spiro atoms. The molecule has 1 saturated carbocycles. The van der Waals surface area contributed by atoms with Gasteiger partial charge >= 0.3 is 0 Å². The Morgan fingerprint density at radius 1 is 1.06 bits per heavy atom. The Morgan fingerprint density at radius 3 is 2.47 bits per heavy atom. The predicted molar refractivity (Wildman–Crippen MR) is 125 cm³/mol. The van der Waals surface area contributed by atoms with Crippen LogP contribution in [0.3, 0.4) is 0 Å². The van der Waals surface area contributed by atoms with Crippen LogP contribution in [-0.2, 0) is 16.6 Å². The van der Waals surface area contributed by atoms with Gasteiger partial charge in [-0.05, 0) is 60.4 Å². The molecule has 32 heavy (non-hydrogen) atoms. The first kappa shape index (κ1) is 22.3. The highest BCUT2D eigenvalue weighted by molar-refractivity contribution is 7.89. The van der Waals surface area contributed by atoms with Crippen LogP contribution in [0.4, 0.5) is 0 Å². The summed E-state index contributed by atoms with van der Waals surface area (Å²) >= 11 is 0. The monoisotopic (exact) mass is 452 g/mol. The average Bonchev–Trinajstić information content (AvgIpc) is 3.61. The number of nitrogens with zero attached hydrogens (tertiary/aromatic N) is 1. The first-order chi connectivity index (χ1) is 15.4. The van der Waals surface area contributed by atoms with E-state index in [1.807, 2.05) is 36.4 Å². The van der Waals surface area contributed by atoms with Gasteiger partial charge in [0.1, 0.15) is 5.75 Å². The number of hydrogen-bond donors (Lipinski definition) is 1. The van der Waals surface area contributed by atoms with Gasteiger partial charge in [0.2, 0.25) is 10.0 Å². The summed E-state index contributed by atoms with van der Waals surface area (Å²) < 4.78 is 33.3. The minimum atomic E-state index is -3.54. The summed E-state index contributed by atoms with van der Waals surface area (Å²) in [6.07, 6.45) is 2.64. The summed E-state index contributed by atoms with van der Waals surface area (Å²) in [4.78, 5) is 14.9. The number of fused-ring (bicyclic) bond motifs is 1. The lowest BCUT2D eigenvalue weighted by Gasteiger charge is -2.21. The second kappa shape index (κ2) is 9.30. The standard InChI is InChI=1S/C25H28N2O4S/c1-3-16-31-24-15-10-18-6-4-5-7-22(18)23(24)17-27(2)25(28)19-8-13-21(14-9-19)32(29,30)26-20-11-12-20/h4-10,13-15,20,26H,3,11-12,16-17H2,1-2H3.